The average molecular weight is 198 g/mol. The molecule has 1 aliphatic rings. The summed E-state index contributed by atoms with van der Waals surface area (Å²) in [6.07, 6.45) is 1.30. The SMILES string of the molecule is CC(C)C(=O)[C@H]1C[C@@H](C(C)C)O[C@@H]1C. The Morgan fingerprint density at radius 3 is 2.21 bits per heavy atom. The number of rotatable bonds is 3. The van der Waals surface area contributed by atoms with Crippen molar-refractivity contribution in [3.63, 3.8) is 0 Å². The van der Waals surface area contributed by atoms with E-state index < -0.39 is 0 Å². The van der Waals surface area contributed by atoms with E-state index in [1.54, 1.807) is 0 Å². The average Bonchev–Trinajstić information content (AvgIpc) is 2.46. The lowest BCUT2D eigenvalue weighted by Crippen LogP contribution is -2.25. The van der Waals surface area contributed by atoms with Crippen molar-refractivity contribution in [3.8, 4) is 0 Å². The van der Waals surface area contributed by atoms with Crippen LogP contribution in [-0.4, -0.2) is 18.0 Å². The van der Waals surface area contributed by atoms with Crippen LogP contribution in [0.25, 0.3) is 0 Å². The number of carbonyl (C=O) groups excluding carboxylic acids is 1. The van der Waals surface area contributed by atoms with Crippen LogP contribution in [0.5, 0.6) is 0 Å². The summed E-state index contributed by atoms with van der Waals surface area (Å²) in [6.45, 7) is 10.3. The lowest BCUT2D eigenvalue weighted by atomic mass is 9.87. The van der Waals surface area contributed by atoms with Crippen LogP contribution in [0.1, 0.15) is 41.0 Å². The fraction of sp³-hybridized carbons (Fsp3) is 0.917. The predicted octanol–water partition coefficient (Wildman–Crippen LogP) is 2.66. The molecule has 0 saturated carbocycles. The molecule has 1 saturated heterocycles. The minimum absolute atomic E-state index is 0.109. The van der Waals surface area contributed by atoms with E-state index in [1.807, 2.05) is 20.8 Å². The van der Waals surface area contributed by atoms with Crippen molar-refractivity contribution >= 4 is 5.78 Å². The first kappa shape index (κ1) is 11.7. The highest BCUT2D eigenvalue weighted by Crippen LogP contribution is 2.32. The highest BCUT2D eigenvalue weighted by atomic mass is 16.5. The van der Waals surface area contributed by atoms with Crippen molar-refractivity contribution in [2.75, 3.05) is 0 Å². The van der Waals surface area contributed by atoms with Gasteiger partial charge in [0.25, 0.3) is 0 Å². The molecule has 0 radical (unpaired) electrons. The Labute approximate surface area is 87.0 Å². The van der Waals surface area contributed by atoms with Crippen molar-refractivity contribution in [2.45, 2.75) is 53.2 Å². The summed E-state index contributed by atoms with van der Waals surface area (Å²) in [5.74, 6) is 1.14. The molecule has 1 aliphatic heterocycles. The summed E-state index contributed by atoms with van der Waals surface area (Å²) >= 11 is 0. The van der Waals surface area contributed by atoms with Crippen molar-refractivity contribution in [1.29, 1.82) is 0 Å². The lowest BCUT2D eigenvalue weighted by molar-refractivity contribution is -0.127. The smallest absolute Gasteiger partial charge is 0.141 e. The minimum atomic E-state index is 0.109. The molecule has 1 heterocycles. The van der Waals surface area contributed by atoms with Gasteiger partial charge in [0.1, 0.15) is 5.78 Å². The molecule has 0 aromatic carbocycles. The van der Waals surface area contributed by atoms with E-state index in [4.69, 9.17) is 4.74 Å². The second-order valence-electron chi connectivity index (χ2n) is 5.02. The molecule has 1 rings (SSSR count). The van der Waals surface area contributed by atoms with E-state index in [0.29, 0.717) is 11.7 Å². The largest absolute Gasteiger partial charge is 0.374 e. The number of ketones is 1. The van der Waals surface area contributed by atoms with Crippen molar-refractivity contribution in [1.82, 2.24) is 0 Å². The second kappa shape index (κ2) is 4.43. The quantitative estimate of drug-likeness (QED) is 0.697. The van der Waals surface area contributed by atoms with E-state index in [9.17, 15) is 4.79 Å². The van der Waals surface area contributed by atoms with Gasteiger partial charge in [0.05, 0.1) is 12.2 Å². The van der Waals surface area contributed by atoms with Gasteiger partial charge in [-0.2, -0.15) is 0 Å². The molecule has 82 valence electrons. The van der Waals surface area contributed by atoms with E-state index in [0.717, 1.165) is 6.42 Å². The number of hydrogen-bond acceptors (Lipinski definition) is 2. The van der Waals surface area contributed by atoms with Crippen LogP contribution in [-0.2, 0) is 9.53 Å². The van der Waals surface area contributed by atoms with Gasteiger partial charge in [0, 0.05) is 11.8 Å². The minimum Gasteiger partial charge on any atom is -0.374 e. The van der Waals surface area contributed by atoms with Crippen LogP contribution in [0.3, 0.4) is 0 Å². The zero-order valence-corrected chi connectivity index (χ0v) is 9.91. The van der Waals surface area contributed by atoms with Gasteiger partial charge in [-0.1, -0.05) is 27.7 Å². The summed E-state index contributed by atoms with van der Waals surface area (Å²) in [5, 5.41) is 0. The van der Waals surface area contributed by atoms with Gasteiger partial charge < -0.3 is 4.74 Å². The van der Waals surface area contributed by atoms with Crippen molar-refractivity contribution in [3.05, 3.63) is 0 Å². The molecule has 0 aliphatic carbocycles. The van der Waals surface area contributed by atoms with Crippen LogP contribution < -0.4 is 0 Å². The maximum Gasteiger partial charge on any atom is 0.141 e. The molecule has 3 atom stereocenters. The van der Waals surface area contributed by atoms with Crippen LogP contribution >= 0.6 is 0 Å². The molecule has 0 N–H and O–H groups in total. The first-order chi connectivity index (χ1) is 6.43. The normalized spacial score (nSPS) is 32.9. The lowest BCUT2D eigenvalue weighted by Gasteiger charge is -2.14. The van der Waals surface area contributed by atoms with Gasteiger partial charge in [0.2, 0.25) is 0 Å². The first-order valence-corrected chi connectivity index (χ1v) is 5.62. The predicted molar refractivity (Wildman–Crippen MR) is 57.1 cm³/mol. The third kappa shape index (κ3) is 2.35. The number of hydrogen-bond donors (Lipinski definition) is 0. The molecule has 0 aromatic heterocycles. The number of Topliss-reactive ketones (excluding diaryl/α,β-unsaturated/α-hetero) is 1. The Morgan fingerprint density at radius 2 is 1.86 bits per heavy atom. The van der Waals surface area contributed by atoms with E-state index >= 15 is 0 Å². The Morgan fingerprint density at radius 1 is 1.29 bits per heavy atom. The highest BCUT2D eigenvalue weighted by molar-refractivity contribution is 5.83. The Balaban J connectivity index is 2.61. The zero-order chi connectivity index (χ0) is 10.9. The summed E-state index contributed by atoms with van der Waals surface area (Å²) in [5.41, 5.74) is 0. The molecule has 1 fully saturated rings. The Kier molecular flexibility index (Phi) is 3.71. The van der Waals surface area contributed by atoms with Gasteiger partial charge >= 0.3 is 0 Å². The molecule has 0 unspecified atom stereocenters. The molecule has 0 bridgehead atoms. The second-order valence-corrected chi connectivity index (χ2v) is 5.02. The Hall–Kier alpha value is -0.370. The summed E-state index contributed by atoms with van der Waals surface area (Å²) in [7, 11) is 0. The molecule has 2 nitrogen and oxygen atoms in total. The third-order valence-electron chi connectivity index (χ3n) is 3.12. The number of carbonyl (C=O) groups is 1. The maximum absolute atomic E-state index is 11.8. The number of ether oxygens (including phenoxy) is 1. The first-order valence-electron chi connectivity index (χ1n) is 5.62. The van der Waals surface area contributed by atoms with Crippen molar-refractivity contribution in [2.24, 2.45) is 17.8 Å². The van der Waals surface area contributed by atoms with Crippen LogP contribution in [0.2, 0.25) is 0 Å². The van der Waals surface area contributed by atoms with Gasteiger partial charge in [-0.05, 0) is 19.3 Å². The van der Waals surface area contributed by atoms with Crippen molar-refractivity contribution < 1.29 is 9.53 Å². The van der Waals surface area contributed by atoms with E-state index in [1.165, 1.54) is 0 Å². The topological polar surface area (TPSA) is 26.3 Å². The van der Waals surface area contributed by atoms with Crippen LogP contribution in [0.15, 0.2) is 0 Å². The molecule has 14 heavy (non-hydrogen) atoms. The standard InChI is InChI=1S/C12H22O2/c1-7(2)11-6-10(9(5)14-11)12(13)8(3)4/h7-11H,6H2,1-5H3/t9-,10+,11+/m1/s1. The molecule has 0 spiro atoms. The molecule has 0 aromatic rings. The maximum atomic E-state index is 11.8. The van der Waals surface area contributed by atoms with Gasteiger partial charge in [0.15, 0.2) is 0 Å². The summed E-state index contributed by atoms with van der Waals surface area (Å²) in [6, 6.07) is 0. The summed E-state index contributed by atoms with van der Waals surface area (Å²) < 4.78 is 5.79. The molecule has 2 heteroatoms. The van der Waals surface area contributed by atoms with Gasteiger partial charge in [-0.25, -0.2) is 0 Å². The zero-order valence-electron chi connectivity index (χ0n) is 9.91. The van der Waals surface area contributed by atoms with Crippen LogP contribution in [0, 0.1) is 17.8 Å². The van der Waals surface area contributed by atoms with Gasteiger partial charge in [-0.15, -0.1) is 0 Å². The van der Waals surface area contributed by atoms with Crippen LogP contribution in [0.4, 0.5) is 0 Å². The third-order valence-corrected chi connectivity index (χ3v) is 3.12. The highest BCUT2D eigenvalue weighted by Gasteiger charge is 2.38. The van der Waals surface area contributed by atoms with E-state index in [-0.39, 0.29) is 24.0 Å². The fourth-order valence-electron chi connectivity index (χ4n) is 2.07. The summed E-state index contributed by atoms with van der Waals surface area (Å²) in [4.78, 5) is 11.8. The van der Waals surface area contributed by atoms with E-state index in [2.05, 4.69) is 13.8 Å². The molecular formula is C12H22O2. The monoisotopic (exact) mass is 198 g/mol. The fourth-order valence-corrected chi connectivity index (χ4v) is 2.07. The molecule has 0 amide bonds. The molecular weight excluding hydrogens is 176 g/mol. The van der Waals surface area contributed by atoms with Gasteiger partial charge in [-0.3, -0.25) is 4.79 Å². The Bertz CT molecular complexity index is 208.